The lowest BCUT2D eigenvalue weighted by Gasteiger charge is -2.09. The SMILES string of the molecule is Cn1nnc(CC2CCCCNC2=O)n1. The van der Waals surface area contributed by atoms with Crippen LogP contribution in [0.15, 0.2) is 0 Å². The molecule has 1 aromatic rings. The Labute approximate surface area is 88.0 Å². The van der Waals surface area contributed by atoms with E-state index in [0.29, 0.717) is 12.2 Å². The van der Waals surface area contributed by atoms with Gasteiger partial charge in [0.2, 0.25) is 5.91 Å². The van der Waals surface area contributed by atoms with Crippen molar-refractivity contribution in [1.82, 2.24) is 25.5 Å². The second-order valence-corrected chi connectivity index (χ2v) is 3.88. The fraction of sp³-hybridized carbons (Fsp3) is 0.778. The molecule has 1 N–H and O–H groups in total. The summed E-state index contributed by atoms with van der Waals surface area (Å²) in [5, 5.41) is 14.6. The Balaban J connectivity index is 2.00. The Morgan fingerprint density at radius 2 is 2.40 bits per heavy atom. The topological polar surface area (TPSA) is 72.7 Å². The lowest BCUT2D eigenvalue weighted by Crippen LogP contribution is -2.30. The first kappa shape index (κ1) is 10.1. The van der Waals surface area contributed by atoms with Crippen LogP contribution >= 0.6 is 0 Å². The Morgan fingerprint density at radius 3 is 3.13 bits per heavy atom. The highest BCUT2D eigenvalue weighted by molar-refractivity contribution is 5.79. The van der Waals surface area contributed by atoms with Gasteiger partial charge in [0.1, 0.15) is 0 Å². The van der Waals surface area contributed by atoms with Crippen molar-refractivity contribution < 1.29 is 4.79 Å². The quantitative estimate of drug-likeness (QED) is 0.723. The van der Waals surface area contributed by atoms with Gasteiger partial charge in [0.15, 0.2) is 5.82 Å². The number of hydrogen-bond donors (Lipinski definition) is 1. The van der Waals surface area contributed by atoms with Gasteiger partial charge in [0.05, 0.1) is 7.05 Å². The van der Waals surface area contributed by atoms with E-state index < -0.39 is 0 Å². The molecule has 0 aliphatic carbocycles. The minimum absolute atomic E-state index is 0.0108. The first-order valence-corrected chi connectivity index (χ1v) is 5.26. The molecule has 15 heavy (non-hydrogen) atoms. The van der Waals surface area contributed by atoms with Crippen molar-refractivity contribution in [3.8, 4) is 0 Å². The van der Waals surface area contributed by atoms with E-state index in [-0.39, 0.29) is 11.8 Å². The highest BCUT2D eigenvalue weighted by Crippen LogP contribution is 2.15. The summed E-state index contributed by atoms with van der Waals surface area (Å²) >= 11 is 0. The molecular weight excluding hydrogens is 194 g/mol. The van der Waals surface area contributed by atoms with E-state index in [0.717, 1.165) is 25.8 Å². The molecule has 6 heteroatoms. The van der Waals surface area contributed by atoms with Crippen molar-refractivity contribution in [3.05, 3.63) is 5.82 Å². The number of hydrogen-bond acceptors (Lipinski definition) is 4. The number of nitrogens with zero attached hydrogens (tertiary/aromatic N) is 4. The number of amides is 1. The molecule has 2 rings (SSSR count). The highest BCUT2D eigenvalue weighted by Gasteiger charge is 2.22. The van der Waals surface area contributed by atoms with E-state index in [4.69, 9.17) is 0 Å². The summed E-state index contributed by atoms with van der Waals surface area (Å²) in [5.41, 5.74) is 0. The minimum Gasteiger partial charge on any atom is -0.356 e. The van der Waals surface area contributed by atoms with Crippen LogP contribution in [0, 0.1) is 5.92 Å². The van der Waals surface area contributed by atoms with Crippen LogP contribution in [-0.2, 0) is 18.3 Å². The molecule has 0 radical (unpaired) electrons. The first-order chi connectivity index (χ1) is 7.25. The Morgan fingerprint density at radius 1 is 1.53 bits per heavy atom. The summed E-state index contributed by atoms with van der Waals surface area (Å²) in [4.78, 5) is 13.1. The smallest absolute Gasteiger partial charge is 0.223 e. The van der Waals surface area contributed by atoms with Crippen LogP contribution in [0.1, 0.15) is 25.1 Å². The largest absolute Gasteiger partial charge is 0.356 e. The maximum Gasteiger partial charge on any atom is 0.223 e. The van der Waals surface area contributed by atoms with Crippen LogP contribution in [0.5, 0.6) is 0 Å². The lowest BCUT2D eigenvalue weighted by molar-refractivity contribution is -0.124. The van der Waals surface area contributed by atoms with Crippen molar-refractivity contribution in [2.75, 3.05) is 6.54 Å². The van der Waals surface area contributed by atoms with Gasteiger partial charge in [-0.1, -0.05) is 6.42 Å². The van der Waals surface area contributed by atoms with E-state index in [1.807, 2.05) is 0 Å². The monoisotopic (exact) mass is 209 g/mol. The zero-order chi connectivity index (χ0) is 10.7. The molecule has 1 aromatic heterocycles. The van der Waals surface area contributed by atoms with Gasteiger partial charge in [-0.3, -0.25) is 4.79 Å². The van der Waals surface area contributed by atoms with Crippen molar-refractivity contribution in [2.45, 2.75) is 25.7 Å². The molecule has 1 aliphatic rings. The number of aromatic nitrogens is 4. The van der Waals surface area contributed by atoms with Crippen molar-refractivity contribution in [3.63, 3.8) is 0 Å². The Hall–Kier alpha value is -1.46. The average molecular weight is 209 g/mol. The van der Waals surface area contributed by atoms with Gasteiger partial charge in [-0.15, -0.1) is 10.2 Å². The molecule has 2 heterocycles. The van der Waals surface area contributed by atoms with E-state index in [1.165, 1.54) is 4.80 Å². The highest BCUT2D eigenvalue weighted by atomic mass is 16.1. The van der Waals surface area contributed by atoms with Crippen LogP contribution in [0.4, 0.5) is 0 Å². The maximum absolute atomic E-state index is 11.6. The molecule has 1 amide bonds. The summed E-state index contributed by atoms with van der Waals surface area (Å²) in [5.74, 6) is 0.788. The Bertz CT molecular complexity index is 348. The predicted molar refractivity (Wildman–Crippen MR) is 52.9 cm³/mol. The maximum atomic E-state index is 11.6. The summed E-state index contributed by atoms with van der Waals surface area (Å²) in [7, 11) is 1.73. The molecule has 82 valence electrons. The molecule has 1 saturated heterocycles. The number of aryl methyl sites for hydroxylation is 1. The second-order valence-electron chi connectivity index (χ2n) is 3.88. The predicted octanol–water partition coefficient (Wildman–Crippen LogP) is -0.331. The number of rotatable bonds is 2. The summed E-state index contributed by atoms with van der Waals surface area (Å²) < 4.78 is 0. The van der Waals surface area contributed by atoms with E-state index in [9.17, 15) is 4.79 Å². The second kappa shape index (κ2) is 4.37. The molecular formula is C9H15N5O. The van der Waals surface area contributed by atoms with Gasteiger partial charge in [-0.2, -0.15) is 4.80 Å². The standard InChI is InChI=1S/C9H15N5O/c1-14-12-8(11-13-14)6-7-4-2-3-5-10-9(7)15/h7H,2-6H2,1H3,(H,10,15). The van der Waals surface area contributed by atoms with Gasteiger partial charge < -0.3 is 5.32 Å². The lowest BCUT2D eigenvalue weighted by atomic mass is 9.99. The Kier molecular flexibility index (Phi) is 2.94. The summed E-state index contributed by atoms with van der Waals surface area (Å²) in [6.45, 7) is 0.795. The van der Waals surface area contributed by atoms with Crippen molar-refractivity contribution in [2.24, 2.45) is 13.0 Å². The van der Waals surface area contributed by atoms with Gasteiger partial charge in [-0.25, -0.2) is 0 Å². The zero-order valence-electron chi connectivity index (χ0n) is 8.81. The summed E-state index contributed by atoms with van der Waals surface area (Å²) in [6.07, 6.45) is 3.67. The summed E-state index contributed by atoms with van der Waals surface area (Å²) in [6, 6.07) is 0. The van der Waals surface area contributed by atoms with Crippen molar-refractivity contribution in [1.29, 1.82) is 0 Å². The van der Waals surface area contributed by atoms with Crippen LogP contribution in [0.25, 0.3) is 0 Å². The number of nitrogens with one attached hydrogen (secondary N) is 1. The van der Waals surface area contributed by atoms with Gasteiger partial charge in [0.25, 0.3) is 0 Å². The van der Waals surface area contributed by atoms with Crippen molar-refractivity contribution >= 4 is 5.91 Å². The third-order valence-corrected chi connectivity index (χ3v) is 2.63. The molecule has 0 bridgehead atoms. The molecule has 0 spiro atoms. The number of carbonyl (C=O) groups is 1. The molecule has 1 aliphatic heterocycles. The third kappa shape index (κ3) is 2.51. The van der Waals surface area contributed by atoms with Crippen LogP contribution in [0.2, 0.25) is 0 Å². The molecule has 1 atom stereocenters. The van der Waals surface area contributed by atoms with Crippen LogP contribution < -0.4 is 5.32 Å². The van der Waals surface area contributed by atoms with E-state index >= 15 is 0 Å². The van der Waals surface area contributed by atoms with Crippen LogP contribution in [0.3, 0.4) is 0 Å². The minimum atomic E-state index is 0.0108. The van der Waals surface area contributed by atoms with Crippen LogP contribution in [-0.4, -0.2) is 32.7 Å². The zero-order valence-corrected chi connectivity index (χ0v) is 8.81. The van der Waals surface area contributed by atoms with Gasteiger partial charge >= 0.3 is 0 Å². The van der Waals surface area contributed by atoms with E-state index in [2.05, 4.69) is 20.7 Å². The van der Waals surface area contributed by atoms with Gasteiger partial charge in [0, 0.05) is 18.9 Å². The first-order valence-electron chi connectivity index (χ1n) is 5.26. The molecule has 0 aromatic carbocycles. The fourth-order valence-corrected chi connectivity index (χ4v) is 1.82. The number of carbonyl (C=O) groups excluding carboxylic acids is 1. The molecule has 1 fully saturated rings. The fourth-order valence-electron chi connectivity index (χ4n) is 1.82. The average Bonchev–Trinajstić information content (AvgIpc) is 2.50. The van der Waals surface area contributed by atoms with Gasteiger partial charge in [-0.05, 0) is 18.1 Å². The molecule has 0 saturated carbocycles. The van der Waals surface area contributed by atoms with E-state index in [1.54, 1.807) is 7.05 Å². The molecule has 1 unspecified atom stereocenters. The normalized spacial score (nSPS) is 22.2. The number of tetrazole rings is 1. The molecule has 6 nitrogen and oxygen atoms in total. The third-order valence-electron chi connectivity index (χ3n) is 2.63.